The van der Waals surface area contributed by atoms with E-state index in [9.17, 15) is 41.3 Å². The van der Waals surface area contributed by atoms with Crippen LogP contribution < -0.4 is 10.0 Å². The number of hydrogen-bond acceptors (Lipinski definition) is 6. The van der Waals surface area contributed by atoms with Crippen LogP contribution >= 0.6 is 0 Å². The Hall–Kier alpha value is -3.72. The number of rotatable bonds is 8. The number of amides is 3. The molecule has 218 valence electrons. The zero-order chi connectivity index (χ0) is 29.8. The maximum atomic E-state index is 13.5. The first-order valence-electron chi connectivity index (χ1n) is 12.4. The summed E-state index contributed by atoms with van der Waals surface area (Å²) in [4.78, 5) is 39.1. The molecule has 1 aliphatic rings. The van der Waals surface area contributed by atoms with Crippen LogP contribution in [0.15, 0.2) is 53.4 Å². The highest BCUT2D eigenvalue weighted by atomic mass is 32.2. The Kier molecular flexibility index (Phi) is 9.40. The lowest BCUT2D eigenvalue weighted by molar-refractivity contribution is -0.384. The van der Waals surface area contributed by atoms with Gasteiger partial charge in [-0.3, -0.25) is 14.9 Å². The quantitative estimate of drug-likeness (QED) is 0.353. The van der Waals surface area contributed by atoms with Crippen molar-refractivity contribution in [3.63, 3.8) is 0 Å². The van der Waals surface area contributed by atoms with Gasteiger partial charge in [0.05, 0.1) is 15.4 Å². The van der Waals surface area contributed by atoms with Gasteiger partial charge in [0, 0.05) is 43.5 Å². The Morgan fingerprint density at radius 2 is 1.80 bits per heavy atom. The molecule has 3 atom stereocenters. The van der Waals surface area contributed by atoms with Gasteiger partial charge in [-0.25, -0.2) is 13.2 Å². The molecular weight excluding hydrogens is 555 g/mol. The van der Waals surface area contributed by atoms with Crippen molar-refractivity contribution in [3.05, 3.63) is 64.2 Å². The van der Waals surface area contributed by atoms with E-state index < -0.39 is 56.6 Å². The Balaban J connectivity index is 1.70. The molecule has 1 saturated heterocycles. The van der Waals surface area contributed by atoms with E-state index >= 15 is 0 Å². The maximum absolute atomic E-state index is 13.5. The second-order valence-electron chi connectivity index (χ2n) is 9.57. The SMILES string of the molecule is CCC(C)C(NS(=O)(=O)c1ccc([N+](=O)[O-])cc1)C(=O)N1CCN(C(=O)Nc2cccc(C(F)(F)F)c2)C(C)C1. The van der Waals surface area contributed by atoms with Gasteiger partial charge in [0.25, 0.3) is 5.69 Å². The van der Waals surface area contributed by atoms with Crippen molar-refractivity contribution in [2.75, 3.05) is 25.0 Å². The van der Waals surface area contributed by atoms with Gasteiger partial charge in [0.2, 0.25) is 15.9 Å². The molecule has 3 rings (SSSR count). The number of hydrogen-bond donors (Lipinski definition) is 2. The fourth-order valence-electron chi connectivity index (χ4n) is 4.25. The summed E-state index contributed by atoms with van der Waals surface area (Å²) in [6, 6.07) is 6.25. The highest BCUT2D eigenvalue weighted by molar-refractivity contribution is 7.89. The number of carbonyl (C=O) groups excluding carboxylic acids is 2. The number of sulfonamides is 1. The number of carbonyl (C=O) groups is 2. The number of nitrogens with one attached hydrogen (secondary N) is 2. The van der Waals surface area contributed by atoms with Crippen LogP contribution in [0, 0.1) is 16.0 Å². The summed E-state index contributed by atoms with van der Waals surface area (Å²) in [5.41, 5.74) is -1.21. The van der Waals surface area contributed by atoms with Crippen LogP contribution in [0.3, 0.4) is 0 Å². The lowest BCUT2D eigenvalue weighted by atomic mass is 9.98. The summed E-state index contributed by atoms with van der Waals surface area (Å²) in [6.45, 7) is 5.39. The highest BCUT2D eigenvalue weighted by Gasteiger charge is 2.37. The smallest absolute Gasteiger partial charge is 0.337 e. The number of nitro benzene ring substituents is 1. The summed E-state index contributed by atoms with van der Waals surface area (Å²) in [7, 11) is -4.20. The lowest BCUT2D eigenvalue weighted by Gasteiger charge is -2.41. The minimum absolute atomic E-state index is 0.0250. The number of alkyl halides is 3. The van der Waals surface area contributed by atoms with Gasteiger partial charge in [-0.15, -0.1) is 0 Å². The van der Waals surface area contributed by atoms with Crippen LogP contribution in [-0.2, 0) is 21.0 Å². The predicted molar refractivity (Wildman–Crippen MR) is 140 cm³/mol. The summed E-state index contributed by atoms with van der Waals surface area (Å²) in [5, 5.41) is 13.3. The Labute approximate surface area is 229 Å². The van der Waals surface area contributed by atoms with Crippen molar-refractivity contribution in [1.29, 1.82) is 0 Å². The van der Waals surface area contributed by atoms with Gasteiger partial charge in [0.15, 0.2) is 0 Å². The van der Waals surface area contributed by atoms with Gasteiger partial charge >= 0.3 is 12.2 Å². The molecule has 1 fully saturated rings. The normalized spacial score (nSPS) is 17.7. The molecule has 0 aromatic heterocycles. The molecule has 2 aromatic rings. The minimum Gasteiger partial charge on any atom is -0.337 e. The molecule has 0 radical (unpaired) electrons. The van der Waals surface area contributed by atoms with Crippen LogP contribution in [-0.4, -0.2) is 66.8 Å². The molecular formula is C25H30F3N5O6S. The molecule has 3 unspecified atom stereocenters. The molecule has 15 heteroatoms. The topological polar surface area (TPSA) is 142 Å². The van der Waals surface area contributed by atoms with Crippen molar-refractivity contribution >= 4 is 33.3 Å². The zero-order valence-corrected chi connectivity index (χ0v) is 22.8. The third-order valence-electron chi connectivity index (χ3n) is 6.76. The van der Waals surface area contributed by atoms with Crippen molar-refractivity contribution in [1.82, 2.24) is 14.5 Å². The van der Waals surface area contributed by atoms with Gasteiger partial charge in [-0.2, -0.15) is 17.9 Å². The Morgan fingerprint density at radius 1 is 1.15 bits per heavy atom. The molecule has 2 aromatic carbocycles. The van der Waals surface area contributed by atoms with Gasteiger partial charge < -0.3 is 15.1 Å². The molecule has 2 N–H and O–H groups in total. The summed E-state index contributed by atoms with van der Waals surface area (Å²) in [5.74, 6) is -0.900. The van der Waals surface area contributed by atoms with Crippen LogP contribution in [0.4, 0.5) is 29.3 Å². The van der Waals surface area contributed by atoms with Crippen LogP contribution in [0.1, 0.15) is 32.8 Å². The molecule has 1 aliphatic heterocycles. The predicted octanol–water partition coefficient (Wildman–Crippen LogP) is 4.07. The lowest BCUT2D eigenvalue weighted by Crippen LogP contribution is -2.60. The maximum Gasteiger partial charge on any atom is 0.416 e. The number of nitrogens with zero attached hydrogens (tertiary/aromatic N) is 3. The first kappa shape index (κ1) is 30.8. The fraction of sp³-hybridized carbons (Fsp3) is 0.440. The second kappa shape index (κ2) is 12.2. The molecule has 1 heterocycles. The van der Waals surface area contributed by atoms with Gasteiger partial charge in [0.1, 0.15) is 6.04 Å². The number of benzene rings is 2. The Bertz CT molecular complexity index is 1350. The average molecular weight is 586 g/mol. The first-order valence-corrected chi connectivity index (χ1v) is 13.9. The molecule has 0 saturated carbocycles. The Morgan fingerprint density at radius 3 is 2.35 bits per heavy atom. The third kappa shape index (κ3) is 7.27. The van der Waals surface area contributed by atoms with Crippen LogP contribution in [0.5, 0.6) is 0 Å². The molecule has 0 aliphatic carbocycles. The van der Waals surface area contributed by atoms with Gasteiger partial charge in [-0.1, -0.05) is 26.3 Å². The van der Waals surface area contributed by atoms with E-state index in [1.165, 1.54) is 21.9 Å². The van der Waals surface area contributed by atoms with E-state index in [0.29, 0.717) is 6.42 Å². The van der Waals surface area contributed by atoms with Crippen LogP contribution in [0.25, 0.3) is 0 Å². The fourth-order valence-corrected chi connectivity index (χ4v) is 5.55. The summed E-state index contributed by atoms with van der Waals surface area (Å²) >= 11 is 0. The van der Waals surface area contributed by atoms with Crippen LogP contribution in [0.2, 0.25) is 0 Å². The minimum atomic E-state index is -4.56. The zero-order valence-electron chi connectivity index (χ0n) is 22.0. The average Bonchev–Trinajstić information content (AvgIpc) is 2.90. The van der Waals surface area contributed by atoms with Crippen molar-refractivity contribution in [2.24, 2.45) is 5.92 Å². The third-order valence-corrected chi connectivity index (χ3v) is 8.22. The van der Waals surface area contributed by atoms with E-state index in [-0.39, 0.29) is 35.9 Å². The van der Waals surface area contributed by atoms with E-state index in [4.69, 9.17) is 0 Å². The molecule has 3 amide bonds. The standard InChI is InChI=1S/C25H30F3N5O6S/c1-4-16(2)22(30-40(38,39)21-10-8-20(9-11-21)33(36)37)23(34)31-12-13-32(17(3)15-31)24(35)29-19-7-5-6-18(14-19)25(26,27)28/h5-11,14,16-17,22,30H,4,12-13,15H2,1-3H3,(H,29,35). The first-order chi connectivity index (χ1) is 18.6. The van der Waals surface area contributed by atoms with Gasteiger partial charge in [-0.05, 0) is 43.2 Å². The van der Waals surface area contributed by atoms with Crippen molar-refractivity contribution in [2.45, 2.75) is 50.3 Å². The monoisotopic (exact) mass is 585 g/mol. The molecule has 0 spiro atoms. The summed E-state index contributed by atoms with van der Waals surface area (Å²) in [6.07, 6.45) is -4.10. The number of non-ortho nitro benzene ring substituents is 1. The largest absolute Gasteiger partial charge is 0.416 e. The number of nitro groups is 1. The molecule has 11 nitrogen and oxygen atoms in total. The van der Waals surface area contributed by atoms with Crippen molar-refractivity contribution in [3.8, 4) is 0 Å². The summed E-state index contributed by atoms with van der Waals surface area (Å²) < 4.78 is 67.5. The van der Waals surface area contributed by atoms with E-state index in [1.54, 1.807) is 20.8 Å². The van der Waals surface area contributed by atoms with E-state index in [2.05, 4.69) is 10.0 Å². The number of piperazine rings is 1. The molecule has 40 heavy (non-hydrogen) atoms. The molecule has 0 bridgehead atoms. The second-order valence-corrected chi connectivity index (χ2v) is 11.3. The number of halogens is 3. The van der Waals surface area contributed by atoms with Crippen molar-refractivity contribution < 1.29 is 36.1 Å². The highest BCUT2D eigenvalue weighted by Crippen LogP contribution is 2.31. The van der Waals surface area contributed by atoms with E-state index in [1.807, 2.05) is 0 Å². The number of anilines is 1. The van der Waals surface area contributed by atoms with E-state index in [0.717, 1.165) is 36.4 Å². The number of urea groups is 1.